The van der Waals surface area contributed by atoms with Crippen molar-refractivity contribution in [1.29, 1.82) is 0 Å². The van der Waals surface area contributed by atoms with Crippen LogP contribution in [0.15, 0.2) is 52.9 Å². The molecule has 0 atom stereocenters. The summed E-state index contributed by atoms with van der Waals surface area (Å²) in [5, 5.41) is 3.37. The summed E-state index contributed by atoms with van der Waals surface area (Å²) in [6.07, 6.45) is 0.579. The predicted octanol–water partition coefficient (Wildman–Crippen LogP) is 5.17. The number of furan rings is 1. The number of nitrogens with one attached hydrogen (secondary N) is 1. The molecule has 3 aromatic rings. The maximum absolute atomic E-state index is 12.4. The molecule has 1 aromatic heterocycles. The Balaban J connectivity index is 1.66. The summed E-state index contributed by atoms with van der Waals surface area (Å²) in [7, 11) is 0. The Hall–Kier alpha value is -3.09. The smallest absolute Gasteiger partial charge is 0.340 e. The highest BCUT2D eigenvalue weighted by Gasteiger charge is 2.16. The summed E-state index contributed by atoms with van der Waals surface area (Å²) < 4.78 is 10.4. The van der Waals surface area contributed by atoms with Crippen molar-refractivity contribution >= 4 is 47.1 Å². The van der Waals surface area contributed by atoms with Gasteiger partial charge in [-0.25, -0.2) is 4.79 Å². The molecule has 1 amide bonds. The zero-order valence-corrected chi connectivity index (χ0v) is 16.7. The van der Waals surface area contributed by atoms with E-state index in [2.05, 4.69) is 5.32 Å². The molecule has 0 bridgehead atoms. The molecule has 0 fully saturated rings. The van der Waals surface area contributed by atoms with Crippen molar-refractivity contribution in [3.63, 3.8) is 0 Å². The van der Waals surface area contributed by atoms with E-state index in [9.17, 15) is 14.4 Å². The molecule has 1 heterocycles. The van der Waals surface area contributed by atoms with E-state index in [0.717, 1.165) is 5.56 Å². The van der Waals surface area contributed by atoms with Crippen molar-refractivity contribution in [1.82, 2.24) is 0 Å². The normalized spacial score (nSPS) is 10.4. The number of halogens is 2. The summed E-state index contributed by atoms with van der Waals surface area (Å²) in [6, 6.07) is 12.7. The van der Waals surface area contributed by atoms with Gasteiger partial charge in [0.2, 0.25) is 0 Å². The van der Waals surface area contributed by atoms with Gasteiger partial charge in [0.15, 0.2) is 18.7 Å². The fraction of sp³-hybridized carbons (Fsp3) is 0.0952. The monoisotopic (exact) mass is 431 g/mol. The van der Waals surface area contributed by atoms with Crippen LogP contribution in [0.3, 0.4) is 0 Å². The molecule has 0 aliphatic rings. The third kappa shape index (κ3) is 5.04. The molecule has 1 N–H and O–H groups in total. The van der Waals surface area contributed by atoms with Crippen molar-refractivity contribution in [3.8, 4) is 11.3 Å². The lowest BCUT2D eigenvalue weighted by Crippen LogP contribution is -2.21. The van der Waals surface area contributed by atoms with E-state index < -0.39 is 18.5 Å². The van der Waals surface area contributed by atoms with Crippen LogP contribution < -0.4 is 5.32 Å². The lowest BCUT2D eigenvalue weighted by atomic mass is 10.1. The van der Waals surface area contributed by atoms with Gasteiger partial charge in [-0.3, -0.25) is 9.59 Å². The van der Waals surface area contributed by atoms with Crippen LogP contribution >= 0.6 is 23.2 Å². The summed E-state index contributed by atoms with van der Waals surface area (Å²) in [6.45, 7) is 1.32. The summed E-state index contributed by atoms with van der Waals surface area (Å²) >= 11 is 12.0. The molecular weight excluding hydrogens is 417 g/mol. The zero-order valence-electron chi connectivity index (χ0n) is 15.2. The molecule has 29 heavy (non-hydrogen) atoms. The number of aryl methyl sites for hydroxylation is 1. The summed E-state index contributed by atoms with van der Waals surface area (Å²) in [4.78, 5) is 35.2. The Morgan fingerprint density at radius 2 is 1.83 bits per heavy atom. The molecule has 0 spiro atoms. The molecular formula is C21H15Cl2NO5. The van der Waals surface area contributed by atoms with Gasteiger partial charge in [-0.2, -0.15) is 0 Å². The molecule has 148 valence electrons. The van der Waals surface area contributed by atoms with Crippen molar-refractivity contribution < 1.29 is 23.5 Å². The number of hydrogen-bond donors (Lipinski definition) is 1. The van der Waals surface area contributed by atoms with Crippen molar-refractivity contribution in [2.24, 2.45) is 0 Å². The third-order valence-corrected chi connectivity index (χ3v) is 4.74. The van der Waals surface area contributed by atoms with Gasteiger partial charge in [0, 0.05) is 16.3 Å². The van der Waals surface area contributed by atoms with Crippen molar-refractivity contribution in [2.45, 2.75) is 6.92 Å². The number of carbonyl (C=O) groups excluding carboxylic acids is 3. The molecule has 0 unspecified atom stereocenters. The highest BCUT2D eigenvalue weighted by molar-refractivity contribution is 6.33. The Morgan fingerprint density at radius 1 is 1.07 bits per heavy atom. The Morgan fingerprint density at radius 3 is 2.52 bits per heavy atom. The standard InChI is InChI=1S/C21H15Cl2NO5/c1-12-8-14(3-6-17(12)22)24-20(26)11-28-21(27)16-9-13(2-5-18(16)23)19-7-4-15(10-25)29-19/h2-10H,11H2,1H3,(H,24,26). The van der Waals surface area contributed by atoms with E-state index in [4.69, 9.17) is 32.4 Å². The van der Waals surface area contributed by atoms with Gasteiger partial charge >= 0.3 is 5.97 Å². The van der Waals surface area contributed by atoms with Crippen LogP contribution in [-0.4, -0.2) is 24.8 Å². The van der Waals surface area contributed by atoms with Crippen molar-refractivity contribution in [2.75, 3.05) is 11.9 Å². The van der Waals surface area contributed by atoms with E-state index in [1.54, 1.807) is 30.3 Å². The first-order chi connectivity index (χ1) is 13.9. The predicted molar refractivity (Wildman–Crippen MR) is 110 cm³/mol. The number of carbonyl (C=O) groups is 3. The number of benzene rings is 2. The highest BCUT2D eigenvalue weighted by Crippen LogP contribution is 2.27. The van der Waals surface area contributed by atoms with Gasteiger partial charge in [0.05, 0.1) is 10.6 Å². The fourth-order valence-electron chi connectivity index (χ4n) is 2.53. The van der Waals surface area contributed by atoms with Crippen LogP contribution in [0.1, 0.15) is 26.5 Å². The first-order valence-corrected chi connectivity index (χ1v) is 9.21. The second kappa shape index (κ2) is 8.94. The molecule has 0 radical (unpaired) electrons. The van der Waals surface area contributed by atoms with Gasteiger partial charge in [0.1, 0.15) is 5.76 Å². The minimum absolute atomic E-state index is 0.0726. The number of aldehydes is 1. The van der Waals surface area contributed by atoms with E-state index in [1.807, 2.05) is 6.92 Å². The van der Waals surface area contributed by atoms with Gasteiger partial charge < -0.3 is 14.5 Å². The van der Waals surface area contributed by atoms with Gasteiger partial charge in [-0.15, -0.1) is 0 Å². The minimum atomic E-state index is -0.763. The molecule has 0 aliphatic heterocycles. The second-order valence-corrected chi connectivity index (χ2v) is 6.92. The Labute approximate surface area is 176 Å². The Kier molecular flexibility index (Phi) is 6.36. The quantitative estimate of drug-likeness (QED) is 0.429. The minimum Gasteiger partial charge on any atom is -0.453 e. The van der Waals surface area contributed by atoms with E-state index >= 15 is 0 Å². The number of esters is 1. The van der Waals surface area contributed by atoms with Crippen LogP contribution in [-0.2, 0) is 9.53 Å². The van der Waals surface area contributed by atoms with Gasteiger partial charge in [-0.1, -0.05) is 23.2 Å². The lowest BCUT2D eigenvalue weighted by Gasteiger charge is -2.09. The molecule has 2 aromatic carbocycles. The van der Waals surface area contributed by atoms with E-state index in [1.165, 1.54) is 18.2 Å². The zero-order chi connectivity index (χ0) is 21.0. The first kappa shape index (κ1) is 20.6. The first-order valence-electron chi connectivity index (χ1n) is 8.45. The van der Waals surface area contributed by atoms with E-state index in [-0.39, 0.29) is 16.3 Å². The maximum atomic E-state index is 12.4. The summed E-state index contributed by atoms with van der Waals surface area (Å²) in [5.74, 6) is -0.711. The molecule has 8 heteroatoms. The average molecular weight is 432 g/mol. The van der Waals surface area contributed by atoms with Crippen LogP contribution in [0.2, 0.25) is 10.0 Å². The third-order valence-electron chi connectivity index (χ3n) is 3.99. The lowest BCUT2D eigenvalue weighted by molar-refractivity contribution is -0.119. The number of rotatable bonds is 6. The fourth-order valence-corrected chi connectivity index (χ4v) is 2.85. The number of amides is 1. The van der Waals surface area contributed by atoms with Gasteiger partial charge in [-0.05, 0) is 61.0 Å². The van der Waals surface area contributed by atoms with Crippen molar-refractivity contribution in [3.05, 3.63) is 75.5 Å². The van der Waals surface area contributed by atoms with Crippen LogP contribution in [0.4, 0.5) is 5.69 Å². The number of hydrogen-bond acceptors (Lipinski definition) is 5. The van der Waals surface area contributed by atoms with Crippen LogP contribution in [0.25, 0.3) is 11.3 Å². The molecule has 0 aliphatic carbocycles. The average Bonchev–Trinajstić information content (AvgIpc) is 3.18. The molecule has 6 nitrogen and oxygen atoms in total. The number of anilines is 1. The summed E-state index contributed by atoms with van der Waals surface area (Å²) in [5.41, 5.74) is 1.95. The Bertz CT molecular complexity index is 1090. The van der Waals surface area contributed by atoms with Gasteiger partial charge in [0.25, 0.3) is 5.91 Å². The van der Waals surface area contributed by atoms with E-state index in [0.29, 0.717) is 28.3 Å². The van der Waals surface area contributed by atoms with Crippen LogP contribution in [0.5, 0.6) is 0 Å². The molecule has 3 rings (SSSR count). The molecule has 0 saturated carbocycles. The SMILES string of the molecule is Cc1cc(NC(=O)COC(=O)c2cc(-c3ccc(C=O)o3)ccc2Cl)ccc1Cl. The molecule has 0 saturated heterocycles. The highest BCUT2D eigenvalue weighted by atomic mass is 35.5. The van der Waals surface area contributed by atoms with Crippen LogP contribution in [0, 0.1) is 6.92 Å². The topological polar surface area (TPSA) is 85.6 Å². The number of ether oxygens (including phenoxy) is 1. The largest absolute Gasteiger partial charge is 0.453 e. The maximum Gasteiger partial charge on any atom is 0.340 e. The second-order valence-electron chi connectivity index (χ2n) is 6.10.